The predicted molar refractivity (Wildman–Crippen MR) is 181 cm³/mol. The van der Waals surface area contributed by atoms with Crippen LogP contribution < -0.4 is 29.1 Å². The smallest absolute Gasteiger partial charge is 0.338 e. The molecule has 46 heavy (non-hydrogen) atoms. The molecule has 0 N–H and O–H groups in total. The third-order valence-electron chi connectivity index (χ3n) is 7.02. The van der Waals surface area contributed by atoms with Crippen LogP contribution >= 0.6 is 34.5 Å². The Kier molecular flexibility index (Phi) is 10.6. The number of benzene rings is 3. The lowest BCUT2D eigenvalue weighted by molar-refractivity contribution is -0.139. The van der Waals surface area contributed by atoms with Crippen molar-refractivity contribution in [3.63, 3.8) is 0 Å². The first kappa shape index (κ1) is 33.3. The number of fused-ring (bicyclic) bond motifs is 1. The molecule has 0 aliphatic carbocycles. The van der Waals surface area contributed by atoms with E-state index in [1.807, 2.05) is 57.2 Å². The van der Waals surface area contributed by atoms with Gasteiger partial charge in [0, 0.05) is 10.6 Å². The lowest BCUT2D eigenvalue weighted by Gasteiger charge is -2.26. The minimum absolute atomic E-state index is 0.129. The van der Waals surface area contributed by atoms with Crippen LogP contribution in [0.3, 0.4) is 0 Å². The highest BCUT2D eigenvalue weighted by Crippen LogP contribution is 2.38. The van der Waals surface area contributed by atoms with Crippen LogP contribution in [0.1, 0.15) is 57.4 Å². The summed E-state index contributed by atoms with van der Waals surface area (Å²) >= 11 is 13.9. The van der Waals surface area contributed by atoms with Gasteiger partial charge in [0.25, 0.3) is 5.56 Å². The van der Waals surface area contributed by atoms with E-state index in [0.29, 0.717) is 60.1 Å². The summed E-state index contributed by atoms with van der Waals surface area (Å²) in [5, 5.41) is 0.968. The Morgan fingerprint density at radius 3 is 2.46 bits per heavy atom. The fourth-order valence-electron chi connectivity index (χ4n) is 5.12. The number of para-hydroxylation sites is 1. The molecule has 0 radical (unpaired) electrons. The number of carbonyl (C=O) groups excluding carboxylic acids is 1. The topological polar surface area (TPSA) is 88.4 Å². The minimum Gasteiger partial charge on any atom is -0.491 e. The van der Waals surface area contributed by atoms with E-state index in [-0.39, 0.29) is 30.5 Å². The highest BCUT2D eigenvalue weighted by molar-refractivity contribution is 7.07. The summed E-state index contributed by atoms with van der Waals surface area (Å²) in [6.07, 6.45) is 1.61. The number of esters is 1. The van der Waals surface area contributed by atoms with Crippen molar-refractivity contribution < 1.29 is 23.7 Å². The molecule has 0 spiro atoms. The Bertz CT molecular complexity index is 1960. The van der Waals surface area contributed by atoms with E-state index < -0.39 is 12.0 Å². The maximum Gasteiger partial charge on any atom is 0.338 e. The van der Waals surface area contributed by atoms with E-state index in [2.05, 4.69) is 4.99 Å². The van der Waals surface area contributed by atoms with Crippen molar-refractivity contribution in [3.05, 3.63) is 118 Å². The van der Waals surface area contributed by atoms with Crippen LogP contribution in [0.2, 0.25) is 10.0 Å². The molecule has 8 nitrogen and oxygen atoms in total. The molecule has 3 aromatic carbocycles. The Balaban J connectivity index is 1.61. The Hall–Kier alpha value is -4.05. The van der Waals surface area contributed by atoms with Gasteiger partial charge in [0.15, 0.2) is 16.3 Å². The molecule has 1 aliphatic rings. The summed E-state index contributed by atoms with van der Waals surface area (Å²) in [6, 6.07) is 17.4. The average molecular weight is 682 g/mol. The lowest BCUT2D eigenvalue weighted by atomic mass is 9.95. The van der Waals surface area contributed by atoms with Gasteiger partial charge in [-0.25, -0.2) is 9.79 Å². The monoisotopic (exact) mass is 680 g/mol. The van der Waals surface area contributed by atoms with Crippen LogP contribution in [0.25, 0.3) is 6.08 Å². The summed E-state index contributed by atoms with van der Waals surface area (Å²) in [5.41, 5.74) is 2.65. The first-order valence-corrected chi connectivity index (χ1v) is 16.5. The van der Waals surface area contributed by atoms with E-state index >= 15 is 0 Å². The van der Waals surface area contributed by atoms with Gasteiger partial charge >= 0.3 is 5.97 Å². The largest absolute Gasteiger partial charge is 0.491 e. The zero-order chi connectivity index (χ0) is 33.0. The SMILES string of the molecule is CCOC(=O)C1=C(C)N=c2s/c(=C/c3cc(Cl)c(OCc4ccc(Cl)cc4)c(OCC)c3)c(=O)n2[C@@H]1c1ccccc1OC(C)C. The number of allylic oxidation sites excluding steroid dienone is 1. The van der Waals surface area contributed by atoms with Gasteiger partial charge < -0.3 is 18.9 Å². The Morgan fingerprint density at radius 1 is 1.02 bits per heavy atom. The number of aromatic nitrogens is 1. The number of rotatable bonds is 11. The number of nitrogens with zero attached hydrogens (tertiary/aromatic N) is 2. The maximum atomic E-state index is 14.2. The van der Waals surface area contributed by atoms with Gasteiger partial charge in [-0.1, -0.05) is 64.9 Å². The molecule has 1 atom stereocenters. The zero-order valence-electron chi connectivity index (χ0n) is 26.1. The molecular weight excluding hydrogens is 647 g/mol. The van der Waals surface area contributed by atoms with Gasteiger partial charge in [-0.2, -0.15) is 0 Å². The van der Waals surface area contributed by atoms with Crippen molar-refractivity contribution in [1.82, 2.24) is 4.57 Å². The van der Waals surface area contributed by atoms with E-state index in [0.717, 1.165) is 5.56 Å². The molecular formula is C35H34Cl2N2O6S. The molecule has 4 aromatic rings. The summed E-state index contributed by atoms with van der Waals surface area (Å²) in [5.74, 6) is 0.871. The number of halogens is 2. The molecule has 1 aromatic heterocycles. The van der Waals surface area contributed by atoms with Crippen LogP contribution in [0.15, 0.2) is 81.7 Å². The highest BCUT2D eigenvalue weighted by Gasteiger charge is 2.35. The van der Waals surface area contributed by atoms with Gasteiger partial charge in [-0.05, 0) is 82.2 Å². The summed E-state index contributed by atoms with van der Waals surface area (Å²) in [7, 11) is 0. The normalized spacial score (nSPS) is 14.6. The predicted octanol–water partition coefficient (Wildman–Crippen LogP) is 6.87. The van der Waals surface area contributed by atoms with Crippen LogP contribution in [-0.4, -0.2) is 29.9 Å². The van der Waals surface area contributed by atoms with Crippen LogP contribution in [0.4, 0.5) is 0 Å². The molecule has 0 bridgehead atoms. The quantitative estimate of drug-likeness (QED) is 0.161. The zero-order valence-corrected chi connectivity index (χ0v) is 28.5. The number of carbonyl (C=O) groups is 1. The third kappa shape index (κ3) is 7.17. The van der Waals surface area contributed by atoms with Crippen molar-refractivity contribution >= 4 is 46.6 Å². The molecule has 2 heterocycles. The number of hydrogen-bond donors (Lipinski definition) is 0. The third-order valence-corrected chi connectivity index (χ3v) is 8.53. The molecule has 0 fully saturated rings. The average Bonchev–Trinajstić information content (AvgIpc) is 3.31. The van der Waals surface area contributed by atoms with Crippen LogP contribution in [0.5, 0.6) is 17.2 Å². The maximum absolute atomic E-state index is 14.2. The molecule has 11 heteroatoms. The second-order valence-corrected chi connectivity index (χ2v) is 12.5. The number of thiazole rings is 1. The first-order chi connectivity index (χ1) is 22.1. The summed E-state index contributed by atoms with van der Waals surface area (Å²) in [4.78, 5) is 32.6. The van der Waals surface area contributed by atoms with Gasteiger partial charge in [-0.15, -0.1) is 0 Å². The molecule has 0 saturated carbocycles. The van der Waals surface area contributed by atoms with Crippen LogP contribution in [-0.2, 0) is 16.1 Å². The van der Waals surface area contributed by atoms with E-state index in [4.69, 9.17) is 42.1 Å². The van der Waals surface area contributed by atoms with E-state index in [1.165, 1.54) is 15.9 Å². The molecule has 0 unspecified atom stereocenters. The molecule has 0 saturated heterocycles. The molecule has 1 aliphatic heterocycles. The second kappa shape index (κ2) is 14.6. The number of ether oxygens (including phenoxy) is 4. The standard InChI is InChI=1S/C35H34Cl2N2O6S/c1-6-42-28-17-23(16-26(37)32(28)44-19-22-12-14-24(36)15-13-22)18-29-33(40)39-31(25-10-8-9-11-27(25)45-20(3)4)30(34(41)43-7-2)21(5)38-35(39)46-29/h8-18,20,31H,6-7,19H2,1-5H3/b29-18+/t31-/m1/s1. The molecule has 0 amide bonds. The molecule has 240 valence electrons. The fourth-order valence-corrected chi connectivity index (χ4v) is 6.56. The van der Waals surface area contributed by atoms with Gasteiger partial charge in [0.05, 0.1) is 40.1 Å². The van der Waals surface area contributed by atoms with Gasteiger partial charge in [0.1, 0.15) is 18.4 Å². The fraction of sp³-hybridized carbons (Fsp3) is 0.286. The second-order valence-electron chi connectivity index (χ2n) is 10.7. The molecule has 5 rings (SSSR count). The summed E-state index contributed by atoms with van der Waals surface area (Å²) < 4.78 is 25.4. The van der Waals surface area contributed by atoms with Crippen molar-refractivity contribution in [3.8, 4) is 17.2 Å². The number of hydrogen-bond acceptors (Lipinski definition) is 8. The first-order valence-electron chi connectivity index (χ1n) is 14.9. The van der Waals surface area contributed by atoms with Crippen molar-refractivity contribution in [2.45, 2.75) is 53.4 Å². The Morgan fingerprint density at radius 2 is 1.76 bits per heavy atom. The van der Waals surface area contributed by atoms with Crippen molar-refractivity contribution in [2.24, 2.45) is 4.99 Å². The van der Waals surface area contributed by atoms with Crippen molar-refractivity contribution in [2.75, 3.05) is 13.2 Å². The lowest BCUT2D eigenvalue weighted by Crippen LogP contribution is -2.40. The minimum atomic E-state index is -0.807. The van der Waals surface area contributed by atoms with Gasteiger partial charge in [-0.3, -0.25) is 9.36 Å². The highest BCUT2D eigenvalue weighted by atomic mass is 35.5. The summed E-state index contributed by atoms with van der Waals surface area (Å²) in [6.45, 7) is 10.0. The van der Waals surface area contributed by atoms with Crippen LogP contribution in [0, 0.1) is 0 Å². The van der Waals surface area contributed by atoms with E-state index in [9.17, 15) is 9.59 Å². The van der Waals surface area contributed by atoms with Crippen molar-refractivity contribution in [1.29, 1.82) is 0 Å². The van der Waals surface area contributed by atoms with Gasteiger partial charge in [0.2, 0.25) is 0 Å². The van der Waals surface area contributed by atoms with E-state index in [1.54, 1.807) is 44.2 Å². The Labute approximate surface area is 281 Å².